The highest BCUT2D eigenvalue weighted by atomic mass is 16.3. The Morgan fingerprint density at radius 1 is 1.41 bits per heavy atom. The number of amides is 1. The van der Waals surface area contributed by atoms with Gasteiger partial charge in [0.15, 0.2) is 5.60 Å². The number of anilines is 1. The van der Waals surface area contributed by atoms with Crippen molar-refractivity contribution in [3.8, 4) is 0 Å². The molecule has 1 aliphatic rings. The molecule has 4 nitrogen and oxygen atoms in total. The van der Waals surface area contributed by atoms with Crippen LogP contribution in [0, 0.1) is 0 Å². The molecule has 0 fully saturated rings. The van der Waals surface area contributed by atoms with Crippen LogP contribution in [0.3, 0.4) is 0 Å². The Hall–Kier alpha value is -1.65. The lowest BCUT2D eigenvalue weighted by Crippen LogP contribution is -2.41. The first-order valence-corrected chi connectivity index (χ1v) is 5.50. The third-order valence-corrected chi connectivity index (χ3v) is 3.02. The van der Waals surface area contributed by atoms with Crippen LogP contribution in [-0.2, 0) is 10.4 Å². The van der Waals surface area contributed by atoms with Gasteiger partial charge in [-0.15, -0.1) is 6.58 Å². The molecule has 2 N–H and O–H groups in total. The van der Waals surface area contributed by atoms with Gasteiger partial charge in [-0.25, -0.2) is 0 Å². The summed E-state index contributed by atoms with van der Waals surface area (Å²) in [5, 5.41) is 19.4. The smallest absolute Gasteiger partial charge is 0.264 e. The molecule has 1 aromatic rings. The largest absolute Gasteiger partial charge is 0.396 e. The van der Waals surface area contributed by atoms with Crippen molar-refractivity contribution >= 4 is 11.6 Å². The normalized spacial score (nSPS) is 22.7. The zero-order valence-corrected chi connectivity index (χ0v) is 9.47. The molecule has 0 unspecified atom stereocenters. The van der Waals surface area contributed by atoms with Gasteiger partial charge in [0.25, 0.3) is 5.91 Å². The molecule has 90 valence electrons. The average Bonchev–Trinajstić information content (AvgIpc) is 2.54. The van der Waals surface area contributed by atoms with Crippen LogP contribution in [0.25, 0.3) is 0 Å². The minimum Gasteiger partial charge on any atom is -0.396 e. The number of hydrogen-bond acceptors (Lipinski definition) is 3. The molecular weight excluding hydrogens is 218 g/mol. The highest BCUT2D eigenvalue weighted by Gasteiger charge is 2.48. The topological polar surface area (TPSA) is 60.8 Å². The number of hydrogen-bond donors (Lipinski definition) is 2. The van der Waals surface area contributed by atoms with Crippen LogP contribution < -0.4 is 4.90 Å². The van der Waals surface area contributed by atoms with Gasteiger partial charge in [-0.1, -0.05) is 24.3 Å². The van der Waals surface area contributed by atoms with E-state index < -0.39 is 11.5 Å². The maximum Gasteiger partial charge on any atom is 0.264 e. The first kappa shape index (κ1) is 11.8. The third-order valence-electron chi connectivity index (χ3n) is 3.02. The van der Waals surface area contributed by atoms with Crippen LogP contribution in [0.2, 0.25) is 0 Å². The molecule has 1 atom stereocenters. The number of aliphatic hydroxyl groups excluding tert-OH is 1. The molecule has 1 aliphatic heterocycles. The standard InChI is InChI=1S/C13H15NO3/c1-2-8-14-11-6-4-3-5-10(11)13(17,7-9-15)12(14)16/h2-6,15,17H,1,7-9H2/t13-/m0/s1. The predicted octanol–water partition coefficient (Wildman–Crippen LogP) is 0.789. The molecule has 1 heterocycles. The Morgan fingerprint density at radius 2 is 2.12 bits per heavy atom. The molecule has 0 saturated carbocycles. The summed E-state index contributed by atoms with van der Waals surface area (Å²) in [7, 11) is 0. The molecular formula is C13H15NO3. The van der Waals surface area contributed by atoms with E-state index in [4.69, 9.17) is 5.11 Å². The Labute approximate surface area is 99.8 Å². The van der Waals surface area contributed by atoms with Gasteiger partial charge in [0.05, 0.1) is 5.69 Å². The fraction of sp³-hybridized carbons (Fsp3) is 0.308. The number of fused-ring (bicyclic) bond motifs is 1. The zero-order valence-electron chi connectivity index (χ0n) is 9.47. The minimum atomic E-state index is -1.60. The fourth-order valence-corrected chi connectivity index (χ4v) is 2.22. The van der Waals surface area contributed by atoms with E-state index in [1.807, 2.05) is 6.07 Å². The molecule has 1 aromatic carbocycles. The summed E-state index contributed by atoms with van der Waals surface area (Å²) < 4.78 is 0. The summed E-state index contributed by atoms with van der Waals surface area (Å²) in [6.45, 7) is 3.71. The van der Waals surface area contributed by atoms with E-state index in [0.717, 1.165) is 0 Å². The number of aliphatic hydroxyl groups is 2. The molecule has 0 spiro atoms. The maximum atomic E-state index is 12.2. The number of nitrogens with zero attached hydrogens (tertiary/aromatic N) is 1. The van der Waals surface area contributed by atoms with E-state index in [9.17, 15) is 9.90 Å². The van der Waals surface area contributed by atoms with Gasteiger partial charge < -0.3 is 15.1 Å². The van der Waals surface area contributed by atoms with E-state index in [1.54, 1.807) is 24.3 Å². The molecule has 2 rings (SSSR count). The Balaban J connectivity index is 2.52. The highest BCUT2D eigenvalue weighted by Crippen LogP contribution is 2.41. The molecule has 0 aliphatic carbocycles. The summed E-state index contributed by atoms with van der Waals surface area (Å²) in [6.07, 6.45) is 1.62. The zero-order chi connectivity index (χ0) is 12.5. The molecule has 0 radical (unpaired) electrons. The van der Waals surface area contributed by atoms with Gasteiger partial charge in [-0.2, -0.15) is 0 Å². The fourth-order valence-electron chi connectivity index (χ4n) is 2.22. The van der Waals surface area contributed by atoms with Gasteiger partial charge in [-0.3, -0.25) is 4.79 Å². The third kappa shape index (κ3) is 1.66. The summed E-state index contributed by atoms with van der Waals surface area (Å²) in [6, 6.07) is 7.08. The lowest BCUT2D eigenvalue weighted by Gasteiger charge is -2.21. The lowest BCUT2D eigenvalue weighted by atomic mass is 9.92. The molecule has 17 heavy (non-hydrogen) atoms. The first-order chi connectivity index (χ1) is 8.15. The number of rotatable bonds is 4. The monoisotopic (exact) mass is 233 g/mol. The van der Waals surface area contributed by atoms with Crippen molar-refractivity contribution in [2.45, 2.75) is 12.0 Å². The Kier molecular flexibility index (Phi) is 3.00. The summed E-state index contributed by atoms with van der Waals surface area (Å²) in [5.41, 5.74) is -0.358. The van der Waals surface area contributed by atoms with Crippen molar-refractivity contribution in [1.29, 1.82) is 0 Å². The molecule has 0 aromatic heterocycles. The van der Waals surface area contributed by atoms with Gasteiger partial charge in [0.2, 0.25) is 0 Å². The van der Waals surface area contributed by atoms with Crippen LogP contribution in [0.15, 0.2) is 36.9 Å². The van der Waals surface area contributed by atoms with E-state index in [2.05, 4.69) is 6.58 Å². The second kappa shape index (κ2) is 4.31. The molecule has 4 heteroatoms. The average molecular weight is 233 g/mol. The highest BCUT2D eigenvalue weighted by molar-refractivity contribution is 6.07. The SMILES string of the molecule is C=CCN1C(=O)[C@](O)(CCO)c2ccccc21. The van der Waals surface area contributed by atoms with Crippen molar-refractivity contribution in [2.75, 3.05) is 18.1 Å². The number of carbonyl (C=O) groups excluding carboxylic acids is 1. The summed E-state index contributed by atoms with van der Waals surface area (Å²) in [5.74, 6) is -0.396. The lowest BCUT2D eigenvalue weighted by molar-refractivity contribution is -0.137. The van der Waals surface area contributed by atoms with Crippen LogP contribution in [-0.4, -0.2) is 29.3 Å². The quantitative estimate of drug-likeness (QED) is 0.756. The molecule has 0 bridgehead atoms. The Morgan fingerprint density at radius 3 is 2.76 bits per heavy atom. The van der Waals surface area contributed by atoms with E-state index in [-0.39, 0.29) is 13.0 Å². The van der Waals surface area contributed by atoms with E-state index >= 15 is 0 Å². The summed E-state index contributed by atoms with van der Waals surface area (Å²) in [4.78, 5) is 13.7. The summed E-state index contributed by atoms with van der Waals surface area (Å²) >= 11 is 0. The maximum absolute atomic E-state index is 12.2. The second-order valence-electron chi connectivity index (χ2n) is 4.06. The van der Waals surface area contributed by atoms with Crippen LogP contribution in [0.4, 0.5) is 5.69 Å². The van der Waals surface area contributed by atoms with Crippen molar-refractivity contribution in [2.24, 2.45) is 0 Å². The van der Waals surface area contributed by atoms with Gasteiger partial charge in [0, 0.05) is 25.1 Å². The second-order valence-corrected chi connectivity index (χ2v) is 4.06. The van der Waals surface area contributed by atoms with Crippen molar-refractivity contribution < 1.29 is 15.0 Å². The van der Waals surface area contributed by atoms with E-state index in [1.165, 1.54) is 4.90 Å². The Bertz CT molecular complexity index is 458. The van der Waals surface area contributed by atoms with Gasteiger partial charge in [0.1, 0.15) is 0 Å². The van der Waals surface area contributed by atoms with Crippen molar-refractivity contribution in [3.63, 3.8) is 0 Å². The number of para-hydroxylation sites is 1. The molecule has 1 amide bonds. The first-order valence-electron chi connectivity index (χ1n) is 5.50. The van der Waals surface area contributed by atoms with Crippen LogP contribution in [0.1, 0.15) is 12.0 Å². The van der Waals surface area contributed by atoms with E-state index in [0.29, 0.717) is 17.8 Å². The van der Waals surface area contributed by atoms with Crippen molar-refractivity contribution in [3.05, 3.63) is 42.5 Å². The van der Waals surface area contributed by atoms with Gasteiger partial charge >= 0.3 is 0 Å². The van der Waals surface area contributed by atoms with Gasteiger partial charge in [-0.05, 0) is 6.07 Å². The van der Waals surface area contributed by atoms with Crippen LogP contribution in [0.5, 0.6) is 0 Å². The van der Waals surface area contributed by atoms with Crippen LogP contribution >= 0.6 is 0 Å². The number of benzene rings is 1. The van der Waals surface area contributed by atoms with Crippen molar-refractivity contribution in [1.82, 2.24) is 0 Å². The minimum absolute atomic E-state index is 0.0104. The molecule has 0 saturated heterocycles. The number of carbonyl (C=O) groups is 1. The predicted molar refractivity (Wildman–Crippen MR) is 64.6 cm³/mol.